The van der Waals surface area contributed by atoms with Crippen molar-refractivity contribution in [1.82, 2.24) is 15.0 Å². The molecule has 0 amide bonds. The molecule has 78 valence electrons. The van der Waals surface area contributed by atoms with E-state index in [0.717, 1.165) is 6.33 Å². The van der Waals surface area contributed by atoms with Gasteiger partial charge in [-0.1, -0.05) is 0 Å². The van der Waals surface area contributed by atoms with Gasteiger partial charge in [0.25, 0.3) is 0 Å². The Labute approximate surface area is 77.2 Å². The van der Waals surface area contributed by atoms with Crippen molar-refractivity contribution < 1.29 is 29.9 Å². The molecule has 1 aromatic heterocycles. The Morgan fingerprint density at radius 3 is 1.71 bits per heavy atom. The molecule has 0 radical (unpaired) electrons. The van der Waals surface area contributed by atoms with E-state index in [1.54, 1.807) is 0 Å². The lowest BCUT2D eigenvalue weighted by molar-refractivity contribution is -0.188. The first-order chi connectivity index (χ1) is 6.58. The average molecular weight is 205 g/mol. The van der Waals surface area contributed by atoms with Gasteiger partial charge in [0.1, 0.15) is 6.33 Å². The first-order valence-electron chi connectivity index (χ1n) is 3.32. The molecule has 0 fully saturated rings. The van der Waals surface area contributed by atoms with E-state index in [2.05, 4.69) is 24.4 Å². The number of hydrogen-bond donors (Lipinski definition) is 4. The third kappa shape index (κ3) is 3.45. The van der Waals surface area contributed by atoms with E-state index in [1.807, 2.05) is 0 Å². The molecular weight excluding hydrogens is 198 g/mol. The second-order valence-electron chi connectivity index (χ2n) is 1.94. The smallest absolute Gasteiger partial charge is 0.326 e. The zero-order chi connectivity index (χ0) is 10.6. The van der Waals surface area contributed by atoms with Crippen molar-refractivity contribution in [3.8, 4) is 12.0 Å². The molecule has 0 aliphatic carbocycles. The molecule has 1 heterocycles. The number of rotatable bonds is 4. The van der Waals surface area contributed by atoms with Gasteiger partial charge < -0.3 is 29.9 Å². The average Bonchev–Trinajstić information content (AvgIpc) is 2.01. The van der Waals surface area contributed by atoms with Crippen LogP contribution >= 0.6 is 0 Å². The Bertz CT molecular complexity index is 267. The monoisotopic (exact) mass is 205 g/mol. The largest absolute Gasteiger partial charge is 0.408 e. The van der Waals surface area contributed by atoms with E-state index >= 15 is 0 Å². The fourth-order valence-electron chi connectivity index (χ4n) is 0.569. The molecule has 1 aromatic rings. The van der Waals surface area contributed by atoms with Gasteiger partial charge >= 0.3 is 25.0 Å². The molecule has 0 unspecified atom stereocenters. The first kappa shape index (κ1) is 10.5. The normalized spacial score (nSPS) is 10.7. The number of aliphatic hydroxyl groups is 4. The maximum Gasteiger partial charge on any atom is 0.326 e. The SMILES string of the molecule is OC(O)Oc1ncnc(OC(O)O)n1. The molecule has 0 bridgehead atoms. The van der Waals surface area contributed by atoms with Crippen LogP contribution in [0.4, 0.5) is 0 Å². The lowest BCUT2D eigenvalue weighted by atomic mass is 10.9. The predicted octanol–water partition coefficient (Wildman–Crippen LogP) is -2.83. The maximum absolute atomic E-state index is 8.37. The summed E-state index contributed by atoms with van der Waals surface area (Å²) in [5.74, 6) is 0. The van der Waals surface area contributed by atoms with E-state index in [9.17, 15) is 0 Å². The van der Waals surface area contributed by atoms with Crippen LogP contribution in [0.25, 0.3) is 0 Å². The summed E-state index contributed by atoms with van der Waals surface area (Å²) in [5, 5.41) is 33.5. The van der Waals surface area contributed by atoms with Crippen LogP contribution in [0, 0.1) is 0 Å². The fourth-order valence-corrected chi connectivity index (χ4v) is 0.569. The van der Waals surface area contributed by atoms with Crippen LogP contribution in [0.15, 0.2) is 6.33 Å². The zero-order valence-electron chi connectivity index (χ0n) is 6.68. The molecule has 0 spiro atoms. The maximum atomic E-state index is 8.37. The lowest BCUT2D eigenvalue weighted by Crippen LogP contribution is -2.18. The predicted molar refractivity (Wildman–Crippen MR) is 37.5 cm³/mol. The minimum absolute atomic E-state index is 0.425. The van der Waals surface area contributed by atoms with Gasteiger partial charge in [-0.15, -0.1) is 4.98 Å². The van der Waals surface area contributed by atoms with Crippen molar-refractivity contribution in [3.05, 3.63) is 6.33 Å². The number of ether oxygens (including phenoxy) is 2. The summed E-state index contributed by atoms with van der Waals surface area (Å²) in [6.07, 6.45) is 0.933. The van der Waals surface area contributed by atoms with Gasteiger partial charge in [0.15, 0.2) is 0 Å². The highest BCUT2D eigenvalue weighted by Gasteiger charge is 2.08. The van der Waals surface area contributed by atoms with E-state index in [-0.39, 0.29) is 0 Å². The van der Waals surface area contributed by atoms with Gasteiger partial charge in [-0.25, -0.2) is 0 Å². The number of aliphatic hydroxyl groups excluding tert-OH is 2. The van der Waals surface area contributed by atoms with Crippen molar-refractivity contribution in [2.24, 2.45) is 0 Å². The third-order valence-electron chi connectivity index (χ3n) is 0.949. The first-order valence-corrected chi connectivity index (χ1v) is 3.32. The fraction of sp³-hybridized carbons (Fsp3) is 0.400. The van der Waals surface area contributed by atoms with Gasteiger partial charge in [0.2, 0.25) is 0 Å². The minimum atomic E-state index is -2.08. The molecular formula is C5H7N3O6. The summed E-state index contributed by atoms with van der Waals surface area (Å²) in [5.41, 5.74) is 0. The summed E-state index contributed by atoms with van der Waals surface area (Å²) in [6, 6.07) is -0.851. The highest BCUT2D eigenvalue weighted by atomic mass is 16.7. The summed E-state index contributed by atoms with van der Waals surface area (Å²) in [7, 11) is 0. The molecule has 1 rings (SSSR count). The Morgan fingerprint density at radius 2 is 1.36 bits per heavy atom. The number of aromatic nitrogens is 3. The molecule has 9 heteroatoms. The Kier molecular flexibility index (Phi) is 3.48. The number of hydrogen-bond acceptors (Lipinski definition) is 9. The highest BCUT2D eigenvalue weighted by molar-refractivity contribution is 4.99. The Balaban J connectivity index is 2.68. The standard InChI is InChI=1S/C5H7N3O6/c9-4(10)13-2-6-1-7-3(8-2)14-5(11)12/h1,4-5,9-12H. The molecule has 0 aliphatic heterocycles. The van der Waals surface area contributed by atoms with Crippen molar-refractivity contribution in [2.75, 3.05) is 0 Å². The van der Waals surface area contributed by atoms with Gasteiger partial charge in [-0.05, 0) is 0 Å². The second kappa shape index (κ2) is 4.62. The van der Waals surface area contributed by atoms with Crippen LogP contribution in [-0.2, 0) is 0 Å². The summed E-state index contributed by atoms with van der Waals surface area (Å²) in [4.78, 5) is 10.1. The number of nitrogens with zero attached hydrogens (tertiary/aromatic N) is 3. The Hall–Kier alpha value is -1.55. The summed E-state index contributed by atoms with van der Waals surface area (Å²) >= 11 is 0. The van der Waals surface area contributed by atoms with Crippen LogP contribution in [-0.4, -0.2) is 48.3 Å². The van der Waals surface area contributed by atoms with Crippen LogP contribution in [0.3, 0.4) is 0 Å². The molecule has 14 heavy (non-hydrogen) atoms. The Morgan fingerprint density at radius 1 is 0.929 bits per heavy atom. The van der Waals surface area contributed by atoms with Crippen molar-refractivity contribution in [1.29, 1.82) is 0 Å². The summed E-state index contributed by atoms with van der Waals surface area (Å²) in [6.45, 7) is -4.16. The van der Waals surface area contributed by atoms with Gasteiger partial charge in [-0.2, -0.15) is 9.97 Å². The van der Waals surface area contributed by atoms with E-state index in [0.29, 0.717) is 0 Å². The third-order valence-corrected chi connectivity index (χ3v) is 0.949. The second-order valence-corrected chi connectivity index (χ2v) is 1.94. The van der Waals surface area contributed by atoms with Crippen LogP contribution in [0.2, 0.25) is 0 Å². The van der Waals surface area contributed by atoms with Gasteiger partial charge in [-0.3, -0.25) is 0 Å². The topological polar surface area (TPSA) is 138 Å². The van der Waals surface area contributed by atoms with Crippen molar-refractivity contribution in [3.63, 3.8) is 0 Å². The van der Waals surface area contributed by atoms with Crippen LogP contribution in [0.5, 0.6) is 12.0 Å². The van der Waals surface area contributed by atoms with Gasteiger partial charge in [0.05, 0.1) is 0 Å². The minimum Gasteiger partial charge on any atom is -0.408 e. The molecule has 0 saturated heterocycles. The molecule has 0 aromatic carbocycles. The van der Waals surface area contributed by atoms with Crippen LogP contribution in [0.1, 0.15) is 0 Å². The molecule has 0 atom stereocenters. The van der Waals surface area contributed by atoms with E-state index in [4.69, 9.17) is 20.4 Å². The van der Waals surface area contributed by atoms with E-state index in [1.165, 1.54) is 0 Å². The molecule has 0 aliphatic rings. The summed E-state index contributed by atoms with van der Waals surface area (Å²) < 4.78 is 8.48. The zero-order valence-corrected chi connectivity index (χ0v) is 6.68. The molecule has 0 saturated carbocycles. The molecule has 9 nitrogen and oxygen atoms in total. The van der Waals surface area contributed by atoms with E-state index < -0.39 is 25.0 Å². The van der Waals surface area contributed by atoms with Gasteiger partial charge in [0, 0.05) is 0 Å². The van der Waals surface area contributed by atoms with Crippen molar-refractivity contribution >= 4 is 0 Å². The highest BCUT2D eigenvalue weighted by Crippen LogP contribution is 2.07. The van der Waals surface area contributed by atoms with Crippen molar-refractivity contribution in [2.45, 2.75) is 13.0 Å². The van der Waals surface area contributed by atoms with Crippen LogP contribution < -0.4 is 9.47 Å². The lowest BCUT2D eigenvalue weighted by Gasteiger charge is -2.07. The quantitative estimate of drug-likeness (QED) is 0.383. The molecule has 4 N–H and O–H groups in total.